The molecule has 1 aromatic rings. The molecule has 0 radical (unpaired) electrons. The van der Waals surface area contributed by atoms with Crippen molar-refractivity contribution in [2.24, 2.45) is 5.92 Å². The molecule has 3 heteroatoms. The molecule has 19 heavy (non-hydrogen) atoms. The summed E-state index contributed by atoms with van der Waals surface area (Å²) in [5.41, 5.74) is 1.32. The minimum absolute atomic E-state index is 0.514. The van der Waals surface area contributed by atoms with Crippen molar-refractivity contribution in [3.05, 3.63) is 23.8 Å². The van der Waals surface area contributed by atoms with E-state index in [1.807, 2.05) is 6.07 Å². The van der Waals surface area contributed by atoms with Gasteiger partial charge in [-0.3, -0.25) is 0 Å². The van der Waals surface area contributed by atoms with Gasteiger partial charge in [0.1, 0.15) is 0 Å². The topological polar surface area (TPSA) is 21.7 Å². The molecule has 0 saturated heterocycles. The highest BCUT2D eigenvalue weighted by atomic mass is 16.5. The third-order valence-corrected chi connectivity index (χ3v) is 3.73. The Labute approximate surface area is 117 Å². The van der Waals surface area contributed by atoms with Crippen LogP contribution in [0.4, 0.5) is 0 Å². The predicted molar refractivity (Wildman–Crippen MR) is 80.3 cm³/mol. The van der Waals surface area contributed by atoms with Crippen LogP contribution in [0.5, 0.6) is 11.5 Å². The molecular formula is C16H27NO2. The maximum atomic E-state index is 5.41. The summed E-state index contributed by atoms with van der Waals surface area (Å²) >= 11 is 0. The Bertz CT molecular complexity index is 390. The predicted octanol–water partition coefficient (Wildman–Crippen LogP) is 3.40. The molecule has 0 aliphatic heterocycles. The fraction of sp³-hybridized carbons (Fsp3) is 0.625. The monoisotopic (exact) mass is 265 g/mol. The minimum Gasteiger partial charge on any atom is -0.493 e. The van der Waals surface area contributed by atoms with Crippen LogP contribution in [0.3, 0.4) is 0 Å². The number of methoxy groups -OCH3 is 2. The smallest absolute Gasteiger partial charge is 0.160 e. The second-order valence-electron chi connectivity index (χ2n) is 5.37. The van der Waals surface area contributed by atoms with Crippen LogP contribution in [0.2, 0.25) is 0 Å². The average Bonchev–Trinajstić information content (AvgIpc) is 2.42. The molecule has 0 N–H and O–H groups in total. The lowest BCUT2D eigenvalue weighted by atomic mass is 9.85. The van der Waals surface area contributed by atoms with E-state index in [0.29, 0.717) is 11.8 Å². The zero-order valence-electron chi connectivity index (χ0n) is 13.1. The van der Waals surface area contributed by atoms with E-state index in [-0.39, 0.29) is 0 Å². The van der Waals surface area contributed by atoms with E-state index in [0.717, 1.165) is 18.0 Å². The van der Waals surface area contributed by atoms with E-state index >= 15 is 0 Å². The number of hydrogen-bond donors (Lipinski definition) is 0. The van der Waals surface area contributed by atoms with E-state index in [9.17, 15) is 0 Å². The Morgan fingerprint density at radius 2 is 1.74 bits per heavy atom. The lowest BCUT2D eigenvalue weighted by Crippen LogP contribution is -2.24. The van der Waals surface area contributed by atoms with Gasteiger partial charge in [-0.1, -0.05) is 26.3 Å². The van der Waals surface area contributed by atoms with Crippen molar-refractivity contribution in [2.75, 3.05) is 34.9 Å². The van der Waals surface area contributed by atoms with E-state index in [1.54, 1.807) is 14.2 Å². The standard InChI is InChI=1S/C16H27NO2/c1-7-12(2)14(11-17(3)4)13-8-9-15(18-5)16(10-13)19-6/h8-10,12,14H,7,11H2,1-6H3. The fourth-order valence-corrected chi connectivity index (χ4v) is 2.38. The summed E-state index contributed by atoms with van der Waals surface area (Å²) in [6, 6.07) is 6.26. The van der Waals surface area contributed by atoms with Crippen molar-refractivity contribution in [3.8, 4) is 11.5 Å². The summed E-state index contributed by atoms with van der Waals surface area (Å²) in [6.07, 6.45) is 1.17. The summed E-state index contributed by atoms with van der Waals surface area (Å²) in [5.74, 6) is 2.76. The van der Waals surface area contributed by atoms with Gasteiger partial charge in [0.25, 0.3) is 0 Å². The molecule has 2 atom stereocenters. The van der Waals surface area contributed by atoms with Crippen molar-refractivity contribution in [3.63, 3.8) is 0 Å². The first-order valence-electron chi connectivity index (χ1n) is 6.90. The summed E-state index contributed by atoms with van der Waals surface area (Å²) in [5, 5.41) is 0. The van der Waals surface area contributed by atoms with Crippen molar-refractivity contribution < 1.29 is 9.47 Å². The quantitative estimate of drug-likeness (QED) is 0.754. The van der Waals surface area contributed by atoms with Crippen molar-refractivity contribution in [1.82, 2.24) is 4.90 Å². The van der Waals surface area contributed by atoms with Crippen LogP contribution in [-0.2, 0) is 0 Å². The molecule has 0 spiro atoms. The zero-order chi connectivity index (χ0) is 14.4. The number of nitrogens with zero attached hydrogens (tertiary/aromatic N) is 1. The number of benzene rings is 1. The molecule has 0 heterocycles. The molecule has 0 aliphatic carbocycles. The summed E-state index contributed by atoms with van der Waals surface area (Å²) in [6.45, 7) is 5.60. The van der Waals surface area contributed by atoms with Gasteiger partial charge in [-0.15, -0.1) is 0 Å². The van der Waals surface area contributed by atoms with Gasteiger partial charge in [0.05, 0.1) is 14.2 Å². The summed E-state index contributed by atoms with van der Waals surface area (Å²) in [4.78, 5) is 2.24. The molecule has 0 amide bonds. The molecule has 3 nitrogen and oxygen atoms in total. The molecule has 1 aromatic carbocycles. The lowest BCUT2D eigenvalue weighted by Gasteiger charge is -2.27. The van der Waals surface area contributed by atoms with Gasteiger partial charge >= 0.3 is 0 Å². The van der Waals surface area contributed by atoms with Gasteiger partial charge in [-0.2, -0.15) is 0 Å². The van der Waals surface area contributed by atoms with E-state index < -0.39 is 0 Å². The number of rotatable bonds is 7. The highest BCUT2D eigenvalue weighted by Crippen LogP contribution is 2.34. The maximum Gasteiger partial charge on any atom is 0.160 e. The molecule has 0 fully saturated rings. The van der Waals surface area contributed by atoms with Crippen molar-refractivity contribution in [1.29, 1.82) is 0 Å². The Hall–Kier alpha value is -1.22. The van der Waals surface area contributed by atoms with Gasteiger partial charge in [0.15, 0.2) is 11.5 Å². The Morgan fingerprint density at radius 1 is 1.11 bits per heavy atom. The van der Waals surface area contributed by atoms with Crippen LogP contribution in [0.1, 0.15) is 31.7 Å². The largest absolute Gasteiger partial charge is 0.493 e. The molecule has 0 saturated carbocycles. The number of hydrogen-bond acceptors (Lipinski definition) is 3. The van der Waals surface area contributed by atoms with Crippen LogP contribution >= 0.6 is 0 Å². The molecule has 108 valence electrons. The van der Waals surface area contributed by atoms with E-state index in [1.165, 1.54) is 12.0 Å². The van der Waals surface area contributed by atoms with Gasteiger partial charge in [-0.25, -0.2) is 0 Å². The molecule has 1 rings (SSSR count). The minimum atomic E-state index is 0.514. The Kier molecular flexibility index (Phi) is 6.16. The second-order valence-corrected chi connectivity index (χ2v) is 5.37. The third kappa shape index (κ3) is 4.13. The number of likely N-dealkylation sites (N-methyl/N-ethyl adjacent to an activating group) is 1. The van der Waals surface area contributed by atoms with Crippen molar-refractivity contribution >= 4 is 0 Å². The van der Waals surface area contributed by atoms with Crippen LogP contribution < -0.4 is 9.47 Å². The molecule has 0 aromatic heterocycles. The first-order valence-corrected chi connectivity index (χ1v) is 6.90. The molecular weight excluding hydrogens is 238 g/mol. The van der Waals surface area contributed by atoms with Crippen LogP contribution in [-0.4, -0.2) is 39.8 Å². The van der Waals surface area contributed by atoms with Gasteiger partial charge < -0.3 is 14.4 Å². The summed E-state index contributed by atoms with van der Waals surface area (Å²) < 4.78 is 10.7. The fourth-order valence-electron chi connectivity index (χ4n) is 2.38. The van der Waals surface area contributed by atoms with Crippen LogP contribution in [0.15, 0.2) is 18.2 Å². The third-order valence-electron chi connectivity index (χ3n) is 3.73. The average molecular weight is 265 g/mol. The first-order chi connectivity index (χ1) is 9.03. The second kappa shape index (κ2) is 7.39. The number of ether oxygens (including phenoxy) is 2. The highest BCUT2D eigenvalue weighted by Gasteiger charge is 2.20. The van der Waals surface area contributed by atoms with Gasteiger partial charge in [0, 0.05) is 6.54 Å². The highest BCUT2D eigenvalue weighted by molar-refractivity contribution is 5.44. The van der Waals surface area contributed by atoms with Gasteiger partial charge in [-0.05, 0) is 43.6 Å². The van der Waals surface area contributed by atoms with E-state index in [4.69, 9.17) is 9.47 Å². The van der Waals surface area contributed by atoms with E-state index in [2.05, 4.69) is 45.0 Å². The zero-order valence-corrected chi connectivity index (χ0v) is 13.1. The van der Waals surface area contributed by atoms with Crippen LogP contribution in [0, 0.1) is 5.92 Å². The maximum absolute atomic E-state index is 5.41. The Balaban J connectivity index is 3.07. The molecule has 2 unspecified atom stereocenters. The lowest BCUT2D eigenvalue weighted by molar-refractivity contribution is 0.312. The SMILES string of the molecule is CCC(C)C(CN(C)C)c1ccc(OC)c(OC)c1. The van der Waals surface area contributed by atoms with Crippen LogP contribution in [0.25, 0.3) is 0 Å². The first kappa shape index (κ1) is 15.8. The van der Waals surface area contributed by atoms with Crippen molar-refractivity contribution in [2.45, 2.75) is 26.2 Å². The normalized spacial score (nSPS) is 14.3. The summed E-state index contributed by atoms with van der Waals surface area (Å²) in [7, 11) is 7.60. The molecule has 0 bridgehead atoms. The van der Waals surface area contributed by atoms with Gasteiger partial charge in [0.2, 0.25) is 0 Å². The Morgan fingerprint density at radius 3 is 2.21 bits per heavy atom. The molecule has 0 aliphatic rings.